The molecule has 0 fully saturated rings. The van der Waals surface area contributed by atoms with Crippen molar-refractivity contribution in [2.75, 3.05) is 5.73 Å². The molecule has 7 heteroatoms. The van der Waals surface area contributed by atoms with Gasteiger partial charge in [-0.05, 0) is 12.1 Å². The predicted octanol–water partition coefficient (Wildman–Crippen LogP) is 2.07. The number of rotatable bonds is 1. The summed E-state index contributed by atoms with van der Waals surface area (Å²) in [4.78, 5) is 3.35. The van der Waals surface area contributed by atoms with E-state index in [1.165, 1.54) is 6.07 Å². The number of anilines is 1. The molecule has 3 N–H and O–H groups in total. The first kappa shape index (κ1) is 10.5. The molecular formula is C9H7F3N4. The average Bonchev–Trinajstić information content (AvgIpc) is 2.65. The van der Waals surface area contributed by atoms with E-state index in [1.807, 2.05) is 5.10 Å². The SMILES string of the molecule is Nc1cccc(-c2n[nH]c(C(F)(F)F)n2)c1. The van der Waals surface area contributed by atoms with Crippen LogP contribution >= 0.6 is 0 Å². The maximum Gasteiger partial charge on any atom is 0.451 e. The minimum Gasteiger partial charge on any atom is -0.399 e. The highest BCUT2D eigenvalue weighted by molar-refractivity contribution is 5.60. The Morgan fingerprint density at radius 2 is 2.00 bits per heavy atom. The third-order valence-corrected chi connectivity index (χ3v) is 1.90. The highest BCUT2D eigenvalue weighted by Crippen LogP contribution is 2.27. The zero-order chi connectivity index (χ0) is 11.8. The molecule has 0 aliphatic rings. The first-order valence-corrected chi connectivity index (χ1v) is 4.32. The number of hydrogen-bond acceptors (Lipinski definition) is 3. The molecule has 0 radical (unpaired) electrons. The highest BCUT2D eigenvalue weighted by atomic mass is 19.4. The lowest BCUT2D eigenvalue weighted by atomic mass is 10.2. The molecule has 1 aromatic carbocycles. The minimum atomic E-state index is -4.52. The molecule has 0 amide bonds. The number of benzene rings is 1. The van der Waals surface area contributed by atoms with Crippen molar-refractivity contribution in [1.29, 1.82) is 0 Å². The number of H-pyrrole nitrogens is 1. The summed E-state index contributed by atoms with van der Waals surface area (Å²) in [7, 11) is 0. The Morgan fingerprint density at radius 3 is 2.56 bits per heavy atom. The van der Waals surface area contributed by atoms with E-state index in [2.05, 4.69) is 10.1 Å². The Hall–Kier alpha value is -2.05. The number of hydrogen-bond donors (Lipinski definition) is 2. The lowest BCUT2D eigenvalue weighted by Crippen LogP contribution is -2.07. The Labute approximate surface area is 88.3 Å². The fourth-order valence-corrected chi connectivity index (χ4v) is 1.20. The van der Waals surface area contributed by atoms with Crippen LogP contribution in [0.1, 0.15) is 5.82 Å². The Kier molecular flexibility index (Phi) is 2.30. The third kappa shape index (κ3) is 1.97. The van der Waals surface area contributed by atoms with Gasteiger partial charge < -0.3 is 5.73 Å². The van der Waals surface area contributed by atoms with E-state index in [0.717, 1.165) is 0 Å². The van der Waals surface area contributed by atoms with Crippen molar-refractivity contribution in [1.82, 2.24) is 15.2 Å². The third-order valence-electron chi connectivity index (χ3n) is 1.90. The molecular weight excluding hydrogens is 221 g/mol. The van der Waals surface area contributed by atoms with E-state index >= 15 is 0 Å². The van der Waals surface area contributed by atoms with Crippen LogP contribution in [0.2, 0.25) is 0 Å². The minimum absolute atomic E-state index is 0.0281. The maximum absolute atomic E-state index is 12.2. The van der Waals surface area contributed by atoms with Crippen molar-refractivity contribution in [2.24, 2.45) is 0 Å². The van der Waals surface area contributed by atoms with Crippen molar-refractivity contribution in [3.63, 3.8) is 0 Å². The molecule has 4 nitrogen and oxygen atoms in total. The predicted molar refractivity (Wildman–Crippen MR) is 51.2 cm³/mol. The van der Waals surface area contributed by atoms with Crippen molar-refractivity contribution < 1.29 is 13.2 Å². The van der Waals surface area contributed by atoms with E-state index in [4.69, 9.17) is 5.73 Å². The van der Waals surface area contributed by atoms with Gasteiger partial charge in [0, 0.05) is 11.3 Å². The summed E-state index contributed by atoms with van der Waals surface area (Å²) in [5.41, 5.74) is 6.38. The lowest BCUT2D eigenvalue weighted by molar-refractivity contribution is -0.144. The van der Waals surface area contributed by atoms with Crippen LogP contribution < -0.4 is 5.73 Å². The fourth-order valence-electron chi connectivity index (χ4n) is 1.20. The molecule has 0 spiro atoms. The van der Waals surface area contributed by atoms with E-state index < -0.39 is 12.0 Å². The zero-order valence-electron chi connectivity index (χ0n) is 7.92. The number of alkyl halides is 3. The molecule has 0 atom stereocenters. The Morgan fingerprint density at radius 1 is 1.25 bits per heavy atom. The average molecular weight is 228 g/mol. The Bertz CT molecular complexity index is 503. The molecule has 0 saturated carbocycles. The van der Waals surface area contributed by atoms with Gasteiger partial charge in [-0.1, -0.05) is 12.1 Å². The van der Waals surface area contributed by atoms with Gasteiger partial charge in [-0.15, -0.1) is 0 Å². The molecule has 2 rings (SSSR count). The monoisotopic (exact) mass is 228 g/mol. The van der Waals surface area contributed by atoms with Gasteiger partial charge in [-0.2, -0.15) is 18.3 Å². The van der Waals surface area contributed by atoms with Crippen LogP contribution in [0.25, 0.3) is 11.4 Å². The van der Waals surface area contributed by atoms with E-state index in [9.17, 15) is 13.2 Å². The molecule has 0 unspecified atom stereocenters. The van der Waals surface area contributed by atoms with Gasteiger partial charge in [-0.3, -0.25) is 5.10 Å². The molecule has 1 aromatic heterocycles. The van der Waals surface area contributed by atoms with Crippen LogP contribution in [0.15, 0.2) is 24.3 Å². The summed E-state index contributed by atoms with van der Waals surface area (Å²) >= 11 is 0. The quantitative estimate of drug-likeness (QED) is 0.734. The number of nitrogens with zero attached hydrogens (tertiary/aromatic N) is 2. The number of nitrogens with one attached hydrogen (secondary N) is 1. The highest BCUT2D eigenvalue weighted by Gasteiger charge is 2.35. The first-order valence-electron chi connectivity index (χ1n) is 4.32. The normalized spacial score (nSPS) is 11.7. The molecule has 2 aromatic rings. The second-order valence-corrected chi connectivity index (χ2v) is 3.13. The largest absolute Gasteiger partial charge is 0.451 e. The molecule has 0 saturated heterocycles. The summed E-state index contributed by atoms with van der Waals surface area (Å²) < 4.78 is 36.7. The summed E-state index contributed by atoms with van der Waals surface area (Å²) in [6.45, 7) is 0. The Balaban J connectivity index is 2.39. The van der Waals surface area contributed by atoms with Crippen LogP contribution in [0.5, 0.6) is 0 Å². The lowest BCUT2D eigenvalue weighted by Gasteiger charge is -1.99. The number of nitrogen functional groups attached to an aromatic ring is 1. The van der Waals surface area contributed by atoms with E-state index in [0.29, 0.717) is 11.3 Å². The number of aromatic amines is 1. The van der Waals surface area contributed by atoms with Gasteiger partial charge in [0.15, 0.2) is 5.82 Å². The molecule has 0 aliphatic carbocycles. The van der Waals surface area contributed by atoms with Gasteiger partial charge in [0.25, 0.3) is 0 Å². The van der Waals surface area contributed by atoms with Crippen molar-refractivity contribution in [3.8, 4) is 11.4 Å². The summed E-state index contributed by atoms with van der Waals surface area (Å²) in [5, 5.41) is 5.32. The van der Waals surface area contributed by atoms with Crippen LogP contribution in [0.3, 0.4) is 0 Å². The number of aromatic nitrogens is 3. The number of nitrogens with two attached hydrogens (primary N) is 1. The van der Waals surface area contributed by atoms with Crippen LogP contribution in [-0.2, 0) is 6.18 Å². The zero-order valence-corrected chi connectivity index (χ0v) is 7.92. The van der Waals surface area contributed by atoms with Gasteiger partial charge in [-0.25, -0.2) is 4.98 Å². The van der Waals surface area contributed by atoms with Gasteiger partial charge >= 0.3 is 6.18 Å². The molecule has 1 heterocycles. The topological polar surface area (TPSA) is 67.6 Å². The number of halogens is 3. The van der Waals surface area contributed by atoms with Gasteiger partial charge in [0.1, 0.15) is 0 Å². The standard InChI is InChI=1S/C9H7F3N4/c10-9(11,12)8-14-7(15-16-8)5-2-1-3-6(13)4-5/h1-4H,13H2,(H,14,15,16). The summed E-state index contributed by atoms with van der Waals surface area (Å²) in [5.74, 6) is -1.15. The molecule has 16 heavy (non-hydrogen) atoms. The van der Waals surface area contributed by atoms with Crippen LogP contribution in [0, 0.1) is 0 Å². The van der Waals surface area contributed by atoms with Crippen LogP contribution in [0.4, 0.5) is 18.9 Å². The van der Waals surface area contributed by atoms with Gasteiger partial charge in [0.2, 0.25) is 5.82 Å². The summed E-state index contributed by atoms with van der Waals surface area (Å²) in [6.07, 6.45) is -4.52. The van der Waals surface area contributed by atoms with Crippen LogP contribution in [-0.4, -0.2) is 15.2 Å². The first-order chi connectivity index (χ1) is 7.47. The van der Waals surface area contributed by atoms with Gasteiger partial charge in [0.05, 0.1) is 0 Å². The maximum atomic E-state index is 12.2. The summed E-state index contributed by atoms with van der Waals surface area (Å²) in [6, 6.07) is 6.33. The second-order valence-electron chi connectivity index (χ2n) is 3.13. The van der Waals surface area contributed by atoms with E-state index in [1.54, 1.807) is 18.2 Å². The van der Waals surface area contributed by atoms with Crippen molar-refractivity contribution >= 4 is 5.69 Å². The van der Waals surface area contributed by atoms with E-state index in [-0.39, 0.29) is 5.82 Å². The molecule has 0 aliphatic heterocycles. The second kappa shape index (κ2) is 3.51. The molecule has 0 bridgehead atoms. The van der Waals surface area contributed by atoms with Crippen molar-refractivity contribution in [3.05, 3.63) is 30.1 Å². The van der Waals surface area contributed by atoms with Crippen molar-refractivity contribution in [2.45, 2.75) is 6.18 Å². The molecule has 84 valence electrons. The fraction of sp³-hybridized carbons (Fsp3) is 0.111. The smallest absolute Gasteiger partial charge is 0.399 e.